The van der Waals surface area contributed by atoms with E-state index in [4.69, 9.17) is 11.6 Å². The first kappa shape index (κ1) is 14.6. The Morgan fingerprint density at radius 1 is 1.53 bits per heavy atom. The molecule has 0 radical (unpaired) electrons. The lowest BCUT2D eigenvalue weighted by molar-refractivity contribution is 0.591. The highest BCUT2D eigenvalue weighted by Crippen LogP contribution is 2.20. The zero-order valence-electron chi connectivity index (χ0n) is 10.0. The van der Waals surface area contributed by atoms with Crippen LogP contribution in [-0.4, -0.2) is 22.3 Å². The predicted octanol–water partition coefficient (Wildman–Crippen LogP) is 2.90. The van der Waals surface area contributed by atoms with E-state index in [-0.39, 0.29) is 11.1 Å². The van der Waals surface area contributed by atoms with Crippen LogP contribution in [0.2, 0.25) is 5.02 Å². The van der Waals surface area contributed by atoms with E-state index in [1.54, 1.807) is 12.1 Å². The third kappa shape index (κ3) is 4.74. The summed E-state index contributed by atoms with van der Waals surface area (Å²) in [5, 5.41) is 3.37. The number of hydrogen-bond acceptors (Lipinski definition) is 2. The fraction of sp³-hybridized carbons (Fsp3) is 0.500. The lowest BCUT2D eigenvalue weighted by atomic mass is 10.1. The van der Waals surface area contributed by atoms with Crippen LogP contribution in [0.5, 0.6) is 0 Å². The van der Waals surface area contributed by atoms with Gasteiger partial charge in [-0.1, -0.05) is 24.6 Å². The largest absolute Gasteiger partial charge is 0.309 e. The van der Waals surface area contributed by atoms with Gasteiger partial charge >= 0.3 is 0 Å². The summed E-state index contributed by atoms with van der Waals surface area (Å²) < 4.78 is 24.2. The molecular formula is C12H17ClFNOS. The standard InChI is InChI=1S/C12H17ClFNOS/c1-3-17(16)7-6-15-9(2)10-4-5-12(14)11(13)8-10/h4-5,8-9,15H,3,6-7H2,1-2H3. The summed E-state index contributed by atoms with van der Waals surface area (Å²) in [7, 11) is -0.756. The average Bonchev–Trinajstić information content (AvgIpc) is 2.32. The fourth-order valence-corrected chi connectivity index (χ4v) is 2.26. The molecule has 1 N–H and O–H groups in total. The van der Waals surface area contributed by atoms with Gasteiger partial charge in [0.2, 0.25) is 0 Å². The maximum atomic E-state index is 13.0. The van der Waals surface area contributed by atoms with E-state index in [9.17, 15) is 8.60 Å². The summed E-state index contributed by atoms with van der Waals surface area (Å²) >= 11 is 5.71. The molecule has 0 aliphatic carbocycles. The summed E-state index contributed by atoms with van der Waals surface area (Å²) in [6.07, 6.45) is 0. The van der Waals surface area contributed by atoms with Gasteiger partial charge in [0.25, 0.3) is 0 Å². The van der Waals surface area contributed by atoms with Gasteiger partial charge in [0, 0.05) is 34.9 Å². The Balaban J connectivity index is 2.49. The van der Waals surface area contributed by atoms with Gasteiger partial charge in [-0.2, -0.15) is 0 Å². The maximum Gasteiger partial charge on any atom is 0.141 e. The highest BCUT2D eigenvalue weighted by atomic mass is 35.5. The van der Waals surface area contributed by atoms with Crippen molar-refractivity contribution in [2.75, 3.05) is 18.1 Å². The molecule has 0 saturated heterocycles. The van der Waals surface area contributed by atoms with Crippen molar-refractivity contribution >= 4 is 22.4 Å². The number of halogens is 2. The van der Waals surface area contributed by atoms with Crippen molar-refractivity contribution < 1.29 is 8.60 Å². The van der Waals surface area contributed by atoms with Gasteiger partial charge in [0.05, 0.1) is 5.02 Å². The Labute approximate surface area is 109 Å². The molecule has 0 aliphatic heterocycles. The number of hydrogen-bond donors (Lipinski definition) is 1. The van der Waals surface area contributed by atoms with Crippen LogP contribution in [-0.2, 0) is 10.8 Å². The molecule has 0 bridgehead atoms. The highest BCUT2D eigenvalue weighted by molar-refractivity contribution is 7.84. The Bertz CT molecular complexity index is 400. The van der Waals surface area contributed by atoms with E-state index in [0.717, 1.165) is 5.56 Å². The Kier molecular flexibility index (Phi) is 6.09. The van der Waals surface area contributed by atoms with E-state index >= 15 is 0 Å². The fourth-order valence-electron chi connectivity index (χ4n) is 1.43. The van der Waals surface area contributed by atoms with Crippen molar-refractivity contribution in [1.29, 1.82) is 0 Å². The molecule has 0 saturated carbocycles. The molecule has 2 unspecified atom stereocenters. The number of rotatable bonds is 6. The Morgan fingerprint density at radius 2 is 2.24 bits per heavy atom. The quantitative estimate of drug-likeness (QED) is 0.866. The molecule has 96 valence electrons. The third-order valence-corrected chi connectivity index (χ3v) is 4.14. The van der Waals surface area contributed by atoms with Crippen LogP contribution in [0.15, 0.2) is 18.2 Å². The van der Waals surface area contributed by atoms with Crippen LogP contribution in [0.1, 0.15) is 25.5 Å². The summed E-state index contributed by atoms with van der Waals surface area (Å²) in [4.78, 5) is 0. The van der Waals surface area contributed by atoms with Gasteiger partial charge in [-0.05, 0) is 24.6 Å². The van der Waals surface area contributed by atoms with Crippen molar-refractivity contribution in [2.24, 2.45) is 0 Å². The van der Waals surface area contributed by atoms with Crippen molar-refractivity contribution in [1.82, 2.24) is 5.32 Å². The Morgan fingerprint density at radius 3 is 2.82 bits per heavy atom. The topological polar surface area (TPSA) is 29.1 Å². The van der Waals surface area contributed by atoms with Crippen LogP contribution in [0.4, 0.5) is 4.39 Å². The van der Waals surface area contributed by atoms with E-state index in [1.165, 1.54) is 6.07 Å². The number of nitrogens with one attached hydrogen (secondary N) is 1. The minimum absolute atomic E-state index is 0.0713. The molecule has 0 fully saturated rings. The molecule has 0 aliphatic rings. The molecule has 1 aromatic rings. The first-order valence-corrected chi connectivity index (χ1v) is 7.44. The van der Waals surface area contributed by atoms with E-state index in [1.807, 2.05) is 13.8 Å². The summed E-state index contributed by atoms with van der Waals surface area (Å²) in [5.41, 5.74) is 0.929. The molecule has 2 atom stereocenters. The van der Waals surface area contributed by atoms with Crippen LogP contribution in [0.3, 0.4) is 0 Å². The van der Waals surface area contributed by atoms with Crippen LogP contribution < -0.4 is 5.32 Å². The molecular weight excluding hydrogens is 261 g/mol. The van der Waals surface area contributed by atoms with Gasteiger partial charge in [-0.25, -0.2) is 4.39 Å². The van der Waals surface area contributed by atoms with Crippen molar-refractivity contribution in [2.45, 2.75) is 19.9 Å². The molecule has 5 heteroatoms. The highest BCUT2D eigenvalue weighted by Gasteiger charge is 2.08. The smallest absolute Gasteiger partial charge is 0.141 e. The predicted molar refractivity (Wildman–Crippen MR) is 71.4 cm³/mol. The molecule has 17 heavy (non-hydrogen) atoms. The van der Waals surface area contributed by atoms with Gasteiger partial charge in [-0.3, -0.25) is 4.21 Å². The summed E-state index contributed by atoms with van der Waals surface area (Å²) in [6.45, 7) is 4.55. The van der Waals surface area contributed by atoms with Gasteiger partial charge in [-0.15, -0.1) is 0 Å². The third-order valence-electron chi connectivity index (χ3n) is 2.55. The first-order valence-electron chi connectivity index (χ1n) is 5.58. The summed E-state index contributed by atoms with van der Waals surface area (Å²) in [6, 6.07) is 4.75. The second-order valence-corrected chi connectivity index (χ2v) is 6.05. The SMILES string of the molecule is CCS(=O)CCNC(C)c1ccc(F)c(Cl)c1. The molecule has 0 amide bonds. The van der Waals surface area contributed by atoms with Crippen molar-refractivity contribution in [3.05, 3.63) is 34.6 Å². The zero-order valence-corrected chi connectivity index (χ0v) is 11.6. The van der Waals surface area contributed by atoms with Crippen molar-refractivity contribution in [3.63, 3.8) is 0 Å². The average molecular weight is 278 g/mol. The minimum Gasteiger partial charge on any atom is -0.309 e. The molecule has 0 spiro atoms. The minimum atomic E-state index is -0.756. The van der Waals surface area contributed by atoms with Gasteiger partial charge in [0.15, 0.2) is 0 Å². The molecule has 1 rings (SSSR count). The Hall–Kier alpha value is -0.450. The van der Waals surface area contributed by atoms with Crippen LogP contribution in [0, 0.1) is 5.82 Å². The van der Waals surface area contributed by atoms with Crippen LogP contribution >= 0.6 is 11.6 Å². The molecule has 0 aromatic heterocycles. The number of benzene rings is 1. The normalized spacial score (nSPS) is 14.6. The van der Waals surface area contributed by atoms with E-state index in [2.05, 4.69) is 5.32 Å². The second kappa shape index (κ2) is 7.09. The lowest BCUT2D eigenvalue weighted by Crippen LogP contribution is -2.24. The lowest BCUT2D eigenvalue weighted by Gasteiger charge is -2.14. The molecule has 1 aromatic carbocycles. The zero-order chi connectivity index (χ0) is 12.8. The van der Waals surface area contributed by atoms with Crippen molar-refractivity contribution in [3.8, 4) is 0 Å². The van der Waals surface area contributed by atoms with Gasteiger partial charge < -0.3 is 5.32 Å². The molecule has 0 heterocycles. The monoisotopic (exact) mass is 277 g/mol. The van der Waals surface area contributed by atoms with Crippen LogP contribution in [0.25, 0.3) is 0 Å². The van der Waals surface area contributed by atoms with E-state index in [0.29, 0.717) is 18.1 Å². The first-order chi connectivity index (χ1) is 8.04. The van der Waals surface area contributed by atoms with E-state index < -0.39 is 16.6 Å². The second-order valence-electron chi connectivity index (χ2n) is 3.78. The summed E-state index contributed by atoms with van der Waals surface area (Å²) in [5.74, 6) is 0.906. The van der Waals surface area contributed by atoms with Gasteiger partial charge in [0.1, 0.15) is 5.82 Å². The maximum absolute atomic E-state index is 13.0. The molecule has 2 nitrogen and oxygen atoms in total.